The Kier molecular flexibility index (Phi) is 4.57. The molecule has 0 radical (unpaired) electrons. The van der Waals surface area contributed by atoms with E-state index in [1.807, 2.05) is 6.07 Å². The van der Waals surface area contributed by atoms with Crippen LogP contribution in [0.25, 0.3) is 11.0 Å². The van der Waals surface area contributed by atoms with Crippen molar-refractivity contribution in [1.82, 2.24) is 9.97 Å². The fourth-order valence-electron chi connectivity index (χ4n) is 1.92. The number of aromatic amines is 1. The van der Waals surface area contributed by atoms with Crippen LogP contribution in [0, 0.1) is 0 Å². The monoisotopic (exact) mass is 280 g/mol. The van der Waals surface area contributed by atoms with Crippen LogP contribution in [0.3, 0.4) is 0 Å². The van der Waals surface area contributed by atoms with Gasteiger partial charge in [0.1, 0.15) is 6.10 Å². The fraction of sp³-hybridized carbons (Fsp3) is 0.385. The SMILES string of the molecule is CC(=O)SCCC(O)C(O)c1cccc2[nH]cnc12. The number of H-pyrrole nitrogens is 1. The molecule has 1 heterocycles. The Morgan fingerprint density at radius 3 is 3.00 bits per heavy atom. The Labute approximate surface area is 115 Å². The Morgan fingerprint density at radius 1 is 1.47 bits per heavy atom. The first-order valence-corrected chi connectivity index (χ1v) is 6.99. The number of fused-ring (bicyclic) bond motifs is 1. The number of benzene rings is 1. The molecule has 0 aliphatic heterocycles. The highest BCUT2D eigenvalue weighted by Crippen LogP contribution is 2.25. The summed E-state index contributed by atoms with van der Waals surface area (Å²) in [6.07, 6.45) is -0.000773. The minimum atomic E-state index is -1.00. The van der Waals surface area contributed by atoms with E-state index < -0.39 is 12.2 Å². The van der Waals surface area contributed by atoms with E-state index in [9.17, 15) is 15.0 Å². The molecule has 2 rings (SSSR count). The molecule has 3 N–H and O–H groups in total. The van der Waals surface area contributed by atoms with Crippen LogP contribution in [0.1, 0.15) is 25.0 Å². The average Bonchev–Trinajstić information content (AvgIpc) is 2.85. The normalized spacial score (nSPS) is 14.5. The van der Waals surface area contributed by atoms with Crippen molar-refractivity contribution >= 4 is 27.9 Å². The van der Waals surface area contributed by atoms with Crippen molar-refractivity contribution in [3.63, 3.8) is 0 Å². The van der Waals surface area contributed by atoms with Crippen LogP contribution in [-0.4, -0.2) is 37.2 Å². The van der Waals surface area contributed by atoms with E-state index in [2.05, 4.69) is 9.97 Å². The van der Waals surface area contributed by atoms with Gasteiger partial charge in [-0.25, -0.2) is 4.98 Å². The van der Waals surface area contributed by atoms with Crippen LogP contribution < -0.4 is 0 Å². The van der Waals surface area contributed by atoms with Gasteiger partial charge >= 0.3 is 0 Å². The van der Waals surface area contributed by atoms with Crippen LogP contribution in [0.15, 0.2) is 24.5 Å². The Balaban J connectivity index is 2.08. The zero-order valence-electron chi connectivity index (χ0n) is 10.5. The summed E-state index contributed by atoms with van der Waals surface area (Å²) in [5.74, 6) is 0.490. The Morgan fingerprint density at radius 2 is 2.26 bits per heavy atom. The molecule has 2 aromatic rings. The van der Waals surface area contributed by atoms with Crippen LogP contribution in [0.2, 0.25) is 0 Å². The average molecular weight is 280 g/mol. The number of aliphatic hydroxyl groups excluding tert-OH is 2. The van der Waals surface area contributed by atoms with Crippen molar-refractivity contribution in [3.05, 3.63) is 30.1 Å². The van der Waals surface area contributed by atoms with Crippen LogP contribution in [0.5, 0.6) is 0 Å². The van der Waals surface area contributed by atoms with Gasteiger partial charge in [0.15, 0.2) is 5.12 Å². The first-order valence-electron chi connectivity index (χ1n) is 6.01. The van der Waals surface area contributed by atoms with Gasteiger partial charge in [-0.15, -0.1) is 0 Å². The van der Waals surface area contributed by atoms with Gasteiger partial charge in [-0.05, 0) is 12.5 Å². The largest absolute Gasteiger partial charge is 0.390 e. The third-order valence-electron chi connectivity index (χ3n) is 2.88. The molecular weight excluding hydrogens is 264 g/mol. The van der Waals surface area contributed by atoms with E-state index in [0.29, 0.717) is 23.3 Å². The van der Waals surface area contributed by atoms with Gasteiger partial charge in [0.25, 0.3) is 0 Å². The number of imidazole rings is 1. The van der Waals surface area contributed by atoms with Gasteiger partial charge in [0.05, 0.1) is 23.5 Å². The van der Waals surface area contributed by atoms with E-state index in [1.54, 1.807) is 18.5 Å². The molecule has 19 heavy (non-hydrogen) atoms. The van der Waals surface area contributed by atoms with E-state index in [1.165, 1.54) is 6.92 Å². The molecule has 2 unspecified atom stereocenters. The summed E-state index contributed by atoms with van der Waals surface area (Å²) >= 11 is 1.15. The Hall–Kier alpha value is -1.37. The lowest BCUT2D eigenvalue weighted by molar-refractivity contribution is -0.109. The van der Waals surface area contributed by atoms with Gasteiger partial charge < -0.3 is 15.2 Å². The molecule has 102 valence electrons. The molecule has 2 atom stereocenters. The summed E-state index contributed by atoms with van der Waals surface area (Å²) in [7, 11) is 0. The van der Waals surface area contributed by atoms with Crippen molar-refractivity contribution < 1.29 is 15.0 Å². The quantitative estimate of drug-likeness (QED) is 0.775. The second kappa shape index (κ2) is 6.18. The number of hydrogen-bond acceptors (Lipinski definition) is 5. The summed E-state index contributed by atoms with van der Waals surface area (Å²) in [5.41, 5.74) is 2.08. The highest BCUT2D eigenvalue weighted by atomic mass is 32.2. The number of carbonyl (C=O) groups excluding carboxylic acids is 1. The van der Waals surface area contributed by atoms with E-state index in [4.69, 9.17) is 0 Å². The van der Waals surface area contributed by atoms with Crippen LogP contribution in [0.4, 0.5) is 0 Å². The molecule has 0 saturated carbocycles. The second-order valence-electron chi connectivity index (χ2n) is 4.29. The van der Waals surface area contributed by atoms with E-state index >= 15 is 0 Å². The highest BCUT2D eigenvalue weighted by molar-refractivity contribution is 8.13. The van der Waals surface area contributed by atoms with Crippen molar-refractivity contribution in [3.8, 4) is 0 Å². The summed E-state index contributed by atoms with van der Waals surface area (Å²) in [6, 6.07) is 5.40. The molecule has 1 aromatic carbocycles. The van der Waals surface area contributed by atoms with Crippen molar-refractivity contribution in [2.45, 2.75) is 25.6 Å². The summed E-state index contributed by atoms with van der Waals surface area (Å²) in [6.45, 7) is 1.48. The lowest BCUT2D eigenvalue weighted by Crippen LogP contribution is -2.19. The smallest absolute Gasteiger partial charge is 0.185 e. The molecule has 0 saturated heterocycles. The van der Waals surface area contributed by atoms with Gasteiger partial charge in [-0.3, -0.25) is 4.79 Å². The highest BCUT2D eigenvalue weighted by Gasteiger charge is 2.21. The zero-order valence-corrected chi connectivity index (χ0v) is 11.4. The molecule has 1 aromatic heterocycles. The van der Waals surface area contributed by atoms with E-state index in [0.717, 1.165) is 17.3 Å². The molecule has 0 fully saturated rings. The fourth-order valence-corrected chi connectivity index (χ4v) is 2.56. The van der Waals surface area contributed by atoms with Gasteiger partial charge in [-0.1, -0.05) is 23.9 Å². The zero-order chi connectivity index (χ0) is 13.8. The molecule has 6 heteroatoms. The predicted molar refractivity (Wildman–Crippen MR) is 74.8 cm³/mol. The maximum absolute atomic E-state index is 10.8. The molecule has 0 aliphatic rings. The number of nitrogens with one attached hydrogen (secondary N) is 1. The molecule has 0 bridgehead atoms. The summed E-state index contributed by atoms with van der Waals surface area (Å²) < 4.78 is 0. The molecule has 0 spiro atoms. The minimum Gasteiger partial charge on any atom is -0.390 e. The third-order valence-corrected chi connectivity index (χ3v) is 3.73. The second-order valence-corrected chi connectivity index (χ2v) is 5.56. The number of aliphatic hydroxyl groups is 2. The number of thioether (sulfide) groups is 1. The first-order chi connectivity index (χ1) is 9.09. The first kappa shape index (κ1) is 14.0. The Bertz CT molecular complexity index is 570. The summed E-state index contributed by atoms with van der Waals surface area (Å²) in [4.78, 5) is 17.9. The third kappa shape index (κ3) is 3.34. The number of nitrogens with zero attached hydrogens (tertiary/aromatic N) is 1. The lowest BCUT2D eigenvalue weighted by Gasteiger charge is -2.18. The topological polar surface area (TPSA) is 86.2 Å². The standard InChI is InChI=1S/C13H16N2O3S/c1-8(16)19-6-5-11(17)13(18)9-3-2-4-10-12(9)15-7-14-10/h2-4,7,11,13,17-18H,5-6H2,1H3,(H,14,15). The van der Waals surface area contributed by atoms with Crippen LogP contribution >= 0.6 is 11.8 Å². The van der Waals surface area contributed by atoms with Crippen LogP contribution in [-0.2, 0) is 4.79 Å². The van der Waals surface area contributed by atoms with Crippen molar-refractivity contribution in [2.75, 3.05) is 5.75 Å². The molecule has 0 amide bonds. The lowest BCUT2D eigenvalue weighted by atomic mass is 10.0. The maximum Gasteiger partial charge on any atom is 0.185 e. The molecular formula is C13H16N2O3S. The van der Waals surface area contributed by atoms with Gasteiger partial charge in [0.2, 0.25) is 0 Å². The summed E-state index contributed by atoms with van der Waals surface area (Å²) in [5, 5.41) is 20.2. The van der Waals surface area contributed by atoms with Crippen molar-refractivity contribution in [2.24, 2.45) is 0 Å². The van der Waals surface area contributed by atoms with E-state index in [-0.39, 0.29) is 5.12 Å². The van der Waals surface area contributed by atoms with Crippen molar-refractivity contribution in [1.29, 1.82) is 0 Å². The maximum atomic E-state index is 10.8. The number of aromatic nitrogens is 2. The number of para-hydroxylation sites is 1. The molecule has 5 nitrogen and oxygen atoms in total. The number of hydrogen-bond donors (Lipinski definition) is 3. The number of carbonyl (C=O) groups is 1. The minimum absolute atomic E-state index is 0.0103. The molecule has 0 aliphatic carbocycles. The van der Waals surface area contributed by atoms with Gasteiger partial charge in [-0.2, -0.15) is 0 Å². The van der Waals surface area contributed by atoms with Gasteiger partial charge in [0, 0.05) is 18.2 Å². The predicted octanol–water partition coefficient (Wildman–Crippen LogP) is 1.63. The number of rotatable bonds is 5.